The quantitative estimate of drug-likeness (QED) is 0.180. The summed E-state index contributed by atoms with van der Waals surface area (Å²) in [6.07, 6.45) is 0.725. The van der Waals surface area contributed by atoms with Gasteiger partial charge in [-0.15, -0.1) is 0 Å². The van der Waals surface area contributed by atoms with Crippen molar-refractivity contribution in [1.29, 1.82) is 0 Å². The molecule has 0 aromatic rings. The fourth-order valence-electron chi connectivity index (χ4n) is 0.655. The highest BCUT2D eigenvalue weighted by Crippen LogP contribution is 2.01. The van der Waals surface area contributed by atoms with Crippen molar-refractivity contribution >= 4 is 18.3 Å². The molecule has 13 heavy (non-hydrogen) atoms. The first-order valence-corrected chi connectivity index (χ1v) is 3.50. The summed E-state index contributed by atoms with van der Waals surface area (Å²) in [6, 6.07) is -1.06. The van der Waals surface area contributed by atoms with Crippen LogP contribution in [-0.2, 0) is 9.59 Å². The normalized spacial score (nSPS) is 12.7. The summed E-state index contributed by atoms with van der Waals surface area (Å²) in [7, 11) is 0. The molecule has 0 aliphatic carbocycles. The zero-order valence-electron chi connectivity index (χ0n) is 6.80. The third-order valence-corrected chi connectivity index (χ3v) is 1.25. The Hall–Kier alpha value is -1.63. The van der Waals surface area contributed by atoms with Gasteiger partial charge in [0.1, 0.15) is 6.04 Å². The summed E-state index contributed by atoms with van der Waals surface area (Å²) in [5, 5.41) is 16.8. The molecule has 0 aromatic heterocycles. The Kier molecular flexibility index (Phi) is 5.20. The van der Waals surface area contributed by atoms with Gasteiger partial charge < -0.3 is 15.6 Å². The minimum Gasteiger partial charge on any atom is -0.481 e. The number of hydrazine groups is 1. The van der Waals surface area contributed by atoms with Crippen LogP contribution in [0.3, 0.4) is 0 Å². The molecule has 0 unspecified atom stereocenters. The molecular formula is C6H11N3O4. The van der Waals surface area contributed by atoms with Crippen molar-refractivity contribution in [2.45, 2.75) is 18.9 Å². The van der Waals surface area contributed by atoms with E-state index >= 15 is 0 Å². The average molecular weight is 189 g/mol. The zero-order chi connectivity index (χ0) is 10.3. The first-order chi connectivity index (χ1) is 6.07. The maximum absolute atomic E-state index is 10.4. The molecule has 7 nitrogen and oxygen atoms in total. The maximum Gasteiger partial charge on any atom is 0.328 e. The first kappa shape index (κ1) is 11.4. The molecule has 1 atom stereocenters. The molecular weight excluding hydrogens is 178 g/mol. The van der Waals surface area contributed by atoms with Crippen molar-refractivity contribution in [3.8, 4) is 0 Å². The minimum atomic E-state index is -1.17. The Balaban J connectivity index is 4.02. The first-order valence-electron chi connectivity index (χ1n) is 3.50. The van der Waals surface area contributed by atoms with E-state index in [0.717, 1.165) is 6.34 Å². The molecule has 0 radical (unpaired) electrons. The van der Waals surface area contributed by atoms with E-state index in [2.05, 4.69) is 4.99 Å². The molecule has 0 aliphatic heterocycles. The summed E-state index contributed by atoms with van der Waals surface area (Å²) in [5.41, 5.74) is 2.04. The number of hydrogen-bond acceptors (Lipinski definition) is 4. The largest absolute Gasteiger partial charge is 0.481 e. The van der Waals surface area contributed by atoms with Gasteiger partial charge in [-0.25, -0.2) is 10.6 Å². The lowest BCUT2D eigenvalue weighted by Gasteiger charge is -2.03. The molecule has 0 fully saturated rings. The van der Waals surface area contributed by atoms with Crippen LogP contribution in [0.2, 0.25) is 0 Å². The third-order valence-electron chi connectivity index (χ3n) is 1.25. The highest BCUT2D eigenvalue weighted by molar-refractivity contribution is 5.76. The van der Waals surface area contributed by atoms with Gasteiger partial charge in [0.2, 0.25) is 0 Å². The van der Waals surface area contributed by atoms with E-state index in [-0.39, 0.29) is 12.8 Å². The highest BCUT2D eigenvalue weighted by atomic mass is 16.4. The number of aliphatic imine (C=N–C) groups is 1. The third kappa shape index (κ3) is 5.62. The van der Waals surface area contributed by atoms with Crippen molar-refractivity contribution in [2.24, 2.45) is 10.8 Å². The molecule has 0 amide bonds. The number of nitrogens with two attached hydrogens (primary N) is 1. The lowest BCUT2D eigenvalue weighted by atomic mass is 10.2. The standard InChI is InChI=1S/C6H11N3O4/c7-9-3-8-4(6(12)13)1-2-5(10)11/h3-4H,1-2,7H2,(H,8,9)(H,10,11)(H,12,13)/t4-/m0/s1. The predicted octanol–water partition coefficient (Wildman–Crippen LogP) is -1.20. The number of rotatable bonds is 6. The van der Waals surface area contributed by atoms with E-state index < -0.39 is 18.0 Å². The molecule has 0 bridgehead atoms. The second-order valence-electron chi connectivity index (χ2n) is 2.23. The van der Waals surface area contributed by atoms with Gasteiger partial charge in [-0.3, -0.25) is 9.79 Å². The summed E-state index contributed by atoms with van der Waals surface area (Å²) >= 11 is 0. The number of hydrogen-bond donors (Lipinski definition) is 4. The van der Waals surface area contributed by atoms with Crippen LogP contribution in [0, 0.1) is 0 Å². The van der Waals surface area contributed by atoms with Crippen LogP contribution in [0.5, 0.6) is 0 Å². The molecule has 5 N–H and O–H groups in total. The molecule has 0 heterocycles. The Morgan fingerprint density at radius 1 is 1.54 bits per heavy atom. The number of aliphatic carboxylic acids is 2. The van der Waals surface area contributed by atoms with Crippen LogP contribution < -0.4 is 11.3 Å². The van der Waals surface area contributed by atoms with Gasteiger partial charge in [0.25, 0.3) is 0 Å². The lowest BCUT2D eigenvalue weighted by molar-refractivity contribution is -0.139. The number of carboxylic acid groups (broad SMARTS) is 2. The molecule has 0 aliphatic rings. The van der Waals surface area contributed by atoms with Crippen LogP contribution >= 0.6 is 0 Å². The van der Waals surface area contributed by atoms with Crippen molar-refractivity contribution < 1.29 is 19.8 Å². The Morgan fingerprint density at radius 2 is 2.15 bits per heavy atom. The lowest BCUT2D eigenvalue weighted by Crippen LogP contribution is -2.24. The van der Waals surface area contributed by atoms with Gasteiger partial charge >= 0.3 is 11.9 Å². The molecule has 0 rings (SSSR count). The van der Waals surface area contributed by atoms with E-state index in [1.807, 2.05) is 5.43 Å². The molecule has 74 valence electrons. The second-order valence-corrected chi connectivity index (χ2v) is 2.23. The fraction of sp³-hybridized carbons (Fsp3) is 0.500. The summed E-state index contributed by atoms with van der Waals surface area (Å²) < 4.78 is 0. The average Bonchev–Trinajstić information content (AvgIpc) is 2.03. The van der Waals surface area contributed by atoms with Crippen LogP contribution in [-0.4, -0.2) is 34.5 Å². The second kappa shape index (κ2) is 5.95. The topological polar surface area (TPSA) is 125 Å². The van der Waals surface area contributed by atoms with E-state index in [0.29, 0.717) is 0 Å². The van der Waals surface area contributed by atoms with Gasteiger partial charge in [-0.05, 0) is 6.42 Å². The summed E-state index contributed by atoms with van der Waals surface area (Å²) in [4.78, 5) is 24.0. The van der Waals surface area contributed by atoms with Crippen molar-refractivity contribution in [2.75, 3.05) is 0 Å². The summed E-state index contributed by atoms with van der Waals surface area (Å²) in [6.45, 7) is 0. The van der Waals surface area contributed by atoms with Crippen LogP contribution in [0.15, 0.2) is 4.99 Å². The fourth-order valence-corrected chi connectivity index (χ4v) is 0.655. The van der Waals surface area contributed by atoms with Crippen molar-refractivity contribution in [3.05, 3.63) is 0 Å². The van der Waals surface area contributed by atoms with E-state index in [9.17, 15) is 9.59 Å². The Morgan fingerprint density at radius 3 is 2.54 bits per heavy atom. The maximum atomic E-state index is 10.4. The van der Waals surface area contributed by atoms with Gasteiger partial charge in [0.15, 0.2) is 0 Å². The highest BCUT2D eigenvalue weighted by Gasteiger charge is 2.16. The molecule has 0 spiro atoms. The summed E-state index contributed by atoms with van der Waals surface area (Å²) in [5.74, 6) is 2.60. The van der Waals surface area contributed by atoms with Gasteiger partial charge in [0.05, 0.1) is 6.34 Å². The SMILES string of the molecule is NNC=N[C@@H](CCC(=O)O)C(=O)O. The number of carbonyl (C=O) groups is 2. The van der Waals surface area contributed by atoms with Gasteiger partial charge in [-0.2, -0.15) is 0 Å². The van der Waals surface area contributed by atoms with E-state index in [1.165, 1.54) is 0 Å². The monoisotopic (exact) mass is 189 g/mol. The van der Waals surface area contributed by atoms with E-state index in [4.69, 9.17) is 16.1 Å². The van der Waals surface area contributed by atoms with Crippen molar-refractivity contribution in [3.63, 3.8) is 0 Å². The van der Waals surface area contributed by atoms with Gasteiger partial charge in [-0.1, -0.05) is 0 Å². The number of nitrogens with one attached hydrogen (secondary N) is 1. The molecule has 0 saturated carbocycles. The predicted molar refractivity (Wildman–Crippen MR) is 44.1 cm³/mol. The van der Waals surface area contributed by atoms with E-state index in [1.54, 1.807) is 0 Å². The smallest absolute Gasteiger partial charge is 0.328 e. The van der Waals surface area contributed by atoms with Crippen molar-refractivity contribution in [1.82, 2.24) is 5.43 Å². The van der Waals surface area contributed by atoms with Gasteiger partial charge in [0, 0.05) is 6.42 Å². The van der Waals surface area contributed by atoms with Crippen LogP contribution in [0.4, 0.5) is 0 Å². The molecule has 0 saturated heterocycles. The molecule has 7 heteroatoms. The number of carboxylic acids is 2. The number of nitrogens with zero attached hydrogens (tertiary/aromatic N) is 1. The Labute approximate surface area is 74.2 Å². The Bertz CT molecular complexity index is 216. The zero-order valence-corrected chi connectivity index (χ0v) is 6.80. The van der Waals surface area contributed by atoms with Crippen LogP contribution in [0.25, 0.3) is 0 Å². The molecule has 0 aromatic carbocycles. The van der Waals surface area contributed by atoms with Crippen LogP contribution in [0.1, 0.15) is 12.8 Å². The minimum absolute atomic E-state index is 0.0527.